The zero-order valence-corrected chi connectivity index (χ0v) is 11.9. The molecule has 0 saturated heterocycles. The molecule has 1 nitrogen and oxygen atoms in total. The smallest absolute Gasteiger partial charge is 0.0588 e. The van der Waals surface area contributed by atoms with Crippen LogP contribution in [0, 0.1) is 19.3 Å². The molecule has 96 valence electrons. The van der Waals surface area contributed by atoms with Crippen molar-refractivity contribution in [3.8, 4) is 0 Å². The van der Waals surface area contributed by atoms with Crippen molar-refractivity contribution >= 4 is 0 Å². The molecule has 1 heteroatoms. The molecule has 0 radical (unpaired) electrons. The molecule has 0 saturated carbocycles. The molecule has 1 rings (SSSR count). The van der Waals surface area contributed by atoms with Crippen LogP contribution in [0.3, 0.4) is 0 Å². The van der Waals surface area contributed by atoms with Gasteiger partial charge in [0.05, 0.1) is 6.10 Å². The fourth-order valence-electron chi connectivity index (χ4n) is 2.15. The first-order valence-corrected chi connectivity index (χ1v) is 6.54. The van der Waals surface area contributed by atoms with E-state index < -0.39 is 0 Å². The van der Waals surface area contributed by atoms with Crippen molar-refractivity contribution in [3.63, 3.8) is 0 Å². The molecule has 1 unspecified atom stereocenters. The van der Waals surface area contributed by atoms with Gasteiger partial charge >= 0.3 is 0 Å². The third-order valence-corrected chi connectivity index (χ3v) is 3.22. The Morgan fingerprint density at radius 1 is 1.06 bits per heavy atom. The van der Waals surface area contributed by atoms with E-state index in [9.17, 15) is 5.11 Å². The van der Waals surface area contributed by atoms with Crippen molar-refractivity contribution in [1.29, 1.82) is 0 Å². The molecule has 0 heterocycles. The van der Waals surface area contributed by atoms with Crippen LogP contribution in [0.4, 0.5) is 0 Å². The molecule has 1 aromatic rings. The first kappa shape index (κ1) is 14.2. The van der Waals surface area contributed by atoms with Crippen LogP contribution in [-0.4, -0.2) is 11.2 Å². The molecule has 0 aliphatic rings. The highest BCUT2D eigenvalue weighted by Gasteiger charge is 2.21. The lowest BCUT2D eigenvalue weighted by Crippen LogP contribution is -2.25. The van der Waals surface area contributed by atoms with Gasteiger partial charge in [0.25, 0.3) is 0 Å². The summed E-state index contributed by atoms with van der Waals surface area (Å²) in [7, 11) is 0. The summed E-state index contributed by atoms with van der Waals surface area (Å²) in [4.78, 5) is 0. The van der Waals surface area contributed by atoms with E-state index in [1.165, 1.54) is 16.7 Å². The van der Waals surface area contributed by atoms with Gasteiger partial charge < -0.3 is 5.11 Å². The van der Waals surface area contributed by atoms with Crippen molar-refractivity contribution in [1.82, 2.24) is 0 Å². The van der Waals surface area contributed by atoms with Crippen molar-refractivity contribution in [2.75, 3.05) is 0 Å². The number of aliphatic hydroxyl groups excluding tert-OH is 1. The monoisotopic (exact) mass is 234 g/mol. The summed E-state index contributed by atoms with van der Waals surface area (Å²) in [6.45, 7) is 10.6. The molecule has 1 aromatic carbocycles. The van der Waals surface area contributed by atoms with E-state index in [1.807, 2.05) is 0 Å². The van der Waals surface area contributed by atoms with Gasteiger partial charge in [0.15, 0.2) is 0 Å². The van der Waals surface area contributed by atoms with E-state index >= 15 is 0 Å². The minimum Gasteiger partial charge on any atom is -0.393 e. The number of aliphatic hydroxyl groups is 1. The third kappa shape index (κ3) is 4.91. The van der Waals surface area contributed by atoms with Gasteiger partial charge in [-0.1, -0.05) is 50.1 Å². The predicted molar refractivity (Wildman–Crippen MR) is 74.3 cm³/mol. The second-order valence-electron chi connectivity index (χ2n) is 6.27. The summed E-state index contributed by atoms with van der Waals surface area (Å²) < 4.78 is 0. The molecule has 0 aromatic heterocycles. The summed E-state index contributed by atoms with van der Waals surface area (Å²) in [5.74, 6) is 0. The first-order chi connectivity index (χ1) is 7.79. The lowest BCUT2D eigenvalue weighted by atomic mass is 9.86. The number of benzene rings is 1. The molecule has 1 atom stereocenters. The minimum atomic E-state index is -0.201. The molecular weight excluding hydrogens is 208 g/mol. The van der Waals surface area contributed by atoms with Crippen LogP contribution in [0.15, 0.2) is 18.2 Å². The Balaban J connectivity index is 2.46. The molecule has 0 aliphatic heterocycles. The Hall–Kier alpha value is -0.820. The topological polar surface area (TPSA) is 20.2 Å². The van der Waals surface area contributed by atoms with E-state index in [4.69, 9.17) is 0 Å². The van der Waals surface area contributed by atoms with Crippen molar-refractivity contribution < 1.29 is 5.11 Å². The maximum atomic E-state index is 9.97. The van der Waals surface area contributed by atoms with Crippen LogP contribution in [0.5, 0.6) is 0 Å². The van der Waals surface area contributed by atoms with Gasteiger partial charge in [0.2, 0.25) is 0 Å². The zero-order valence-electron chi connectivity index (χ0n) is 11.9. The Morgan fingerprint density at radius 3 is 2.06 bits per heavy atom. The third-order valence-electron chi connectivity index (χ3n) is 3.22. The van der Waals surface area contributed by atoms with Gasteiger partial charge in [-0.05, 0) is 44.1 Å². The quantitative estimate of drug-likeness (QED) is 0.834. The van der Waals surface area contributed by atoms with E-state index in [2.05, 4.69) is 52.8 Å². The van der Waals surface area contributed by atoms with Crippen LogP contribution in [-0.2, 0) is 6.42 Å². The van der Waals surface area contributed by atoms with Crippen LogP contribution >= 0.6 is 0 Å². The van der Waals surface area contributed by atoms with Crippen molar-refractivity contribution in [2.45, 2.75) is 60.0 Å². The number of rotatable bonds is 4. The zero-order chi connectivity index (χ0) is 13.1. The van der Waals surface area contributed by atoms with Gasteiger partial charge in [-0.25, -0.2) is 0 Å². The highest BCUT2D eigenvalue weighted by atomic mass is 16.3. The van der Waals surface area contributed by atoms with Crippen LogP contribution in [0.25, 0.3) is 0 Å². The Bertz CT molecular complexity index is 340. The Kier molecular flexibility index (Phi) is 4.76. The van der Waals surface area contributed by atoms with Gasteiger partial charge in [-0.3, -0.25) is 0 Å². The SMILES string of the molecule is Cc1cc(C)cc(CCCC(O)C(C)(C)C)c1. The van der Waals surface area contributed by atoms with Crippen LogP contribution < -0.4 is 0 Å². The van der Waals surface area contributed by atoms with Gasteiger partial charge in [-0.2, -0.15) is 0 Å². The van der Waals surface area contributed by atoms with Gasteiger partial charge in [0, 0.05) is 0 Å². The van der Waals surface area contributed by atoms with E-state index in [0.717, 1.165) is 19.3 Å². The summed E-state index contributed by atoms with van der Waals surface area (Å²) in [5, 5.41) is 9.97. The molecule has 0 bridgehead atoms. The summed E-state index contributed by atoms with van der Waals surface area (Å²) in [6.07, 6.45) is 2.81. The second kappa shape index (κ2) is 5.68. The maximum absolute atomic E-state index is 9.97. The molecule has 0 fully saturated rings. The highest BCUT2D eigenvalue weighted by Crippen LogP contribution is 2.23. The largest absolute Gasteiger partial charge is 0.393 e. The summed E-state index contributed by atoms with van der Waals surface area (Å²) in [6, 6.07) is 6.69. The van der Waals surface area contributed by atoms with Crippen molar-refractivity contribution in [3.05, 3.63) is 34.9 Å². The first-order valence-electron chi connectivity index (χ1n) is 6.54. The lowest BCUT2D eigenvalue weighted by molar-refractivity contribution is 0.0540. The molecule has 0 aliphatic carbocycles. The molecule has 0 spiro atoms. The van der Waals surface area contributed by atoms with Crippen LogP contribution in [0.2, 0.25) is 0 Å². The lowest BCUT2D eigenvalue weighted by Gasteiger charge is -2.25. The Labute approximate surface area is 106 Å². The Morgan fingerprint density at radius 2 is 1.59 bits per heavy atom. The minimum absolute atomic E-state index is 0.00250. The highest BCUT2D eigenvalue weighted by molar-refractivity contribution is 5.28. The van der Waals surface area contributed by atoms with E-state index in [-0.39, 0.29) is 11.5 Å². The molecule has 0 amide bonds. The fraction of sp³-hybridized carbons (Fsp3) is 0.625. The average Bonchev–Trinajstić information content (AvgIpc) is 2.14. The van der Waals surface area contributed by atoms with Crippen molar-refractivity contribution in [2.24, 2.45) is 5.41 Å². The number of aryl methyl sites for hydroxylation is 3. The van der Waals surface area contributed by atoms with E-state index in [0.29, 0.717) is 0 Å². The standard InChI is InChI=1S/C16H26O/c1-12-9-13(2)11-14(10-12)7-6-8-15(17)16(3,4)5/h9-11,15,17H,6-8H2,1-5H3. The normalized spacial score (nSPS) is 13.8. The molecule has 1 N–H and O–H groups in total. The van der Waals surface area contributed by atoms with Gasteiger partial charge in [-0.15, -0.1) is 0 Å². The fourth-order valence-corrected chi connectivity index (χ4v) is 2.15. The van der Waals surface area contributed by atoms with Crippen LogP contribution in [0.1, 0.15) is 50.3 Å². The molecular formula is C16H26O. The molecule has 17 heavy (non-hydrogen) atoms. The summed E-state index contributed by atoms with van der Waals surface area (Å²) in [5.41, 5.74) is 4.05. The second-order valence-corrected chi connectivity index (χ2v) is 6.27. The maximum Gasteiger partial charge on any atom is 0.0588 e. The predicted octanol–water partition coefficient (Wildman–Crippen LogP) is 4.03. The number of hydrogen-bond acceptors (Lipinski definition) is 1. The average molecular weight is 234 g/mol. The summed E-state index contributed by atoms with van der Waals surface area (Å²) >= 11 is 0. The van der Waals surface area contributed by atoms with E-state index in [1.54, 1.807) is 0 Å². The number of hydrogen-bond donors (Lipinski definition) is 1. The van der Waals surface area contributed by atoms with Gasteiger partial charge in [0.1, 0.15) is 0 Å².